The summed E-state index contributed by atoms with van der Waals surface area (Å²) in [6, 6.07) is 2.95. The van der Waals surface area contributed by atoms with E-state index in [0.717, 1.165) is 37.8 Å². The Balaban J connectivity index is 1.89. The largest absolute Gasteiger partial charge is 0.481 e. The van der Waals surface area contributed by atoms with E-state index in [1.54, 1.807) is 0 Å². The molecule has 0 unspecified atom stereocenters. The van der Waals surface area contributed by atoms with Gasteiger partial charge in [0.05, 0.1) is 5.54 Å². The van der Waals surface area contributed by atoms with Crippen molar-refractivity contribution in [2.45, 2.75) is 31.2 Å². The van der Waals surface area contributed by atoms with Crippen molar-refractivity contribution in [3.05, 3.63) is 29.8 Å². The van der Waals surface area contributed by atoms with Crippen LogP contribution in [0.2, 0.25) is 0 Å². The molecular weight excluding hydrogens is 266 g/mol. The molecule has 0 spiro atoms. The zero-order valence-electron chi connectivity index (χ0n) is 11.1. The number of carbonyl (C=O) groups is 1. The van der Waals surface area contributed by atoms with Gasteiger partial charge in [-0.2, -0.15) is 0 Å². The zero-order valence-corrected chi connectivity index (χ0v) is 11.1. The molecule has 0 atom stereocenters. The SMILES string of the molecule is NCC1(NC(=O)COc2ccc(F)cc2F)CCCC1. The maximum atomic E-state index is 13.3. The van der Waals surface area contributed by atoms with Gasteiger partial charge in [-0.3, -0.25) is 4.79 Å². The van der Waals surface area contributed by atoms with Gasteiger partial charge in [-0.25, -0.2) is 8.78 Å². The summed E-state index contributed by atoms with van der Waals surface area (Å²) < 4.78 is 31.1. The average Bonchev–Trinajstić information content (AvgIpc) is 2.87. The van der Waals surface area contributed by atoms with Crippen LogP contribution in [-0.2, 0) is 4.79 Å². The molecule has 2 rings (SSSR count). The lowest BCUT2D eigenvalue weighted by molar-refractivity contribution is -0.125. The number of nitrogens with two attached hydrogens (primary N) is 1. The molecule has 0 bridgehead atoms. The predicted molar refractivity (Wildman–Crippen MR) is 70.2 cm³/mol. The minimum Gasteiger partial charge on any atom is -0.481 e. The van der Waals surface area contributed by atoms with Crippen LogP contribution in [0.1, 0.15) is 25.7 Å². The Labute approximate surface area is 116 Å². The molecule has 6 heteroatoms. The van der Waals surface area contributed by atoms with Gasteiger partial charge in [0, 0.05) is 12.6 Å². The Morgan fingerprint density at radius 2 is 2.05 bits per heavy atom. The normalized spacial score (nSPS) is 16.9. The minimum absolute atomic E-state index is 0.144. The molecular formula is C14H18F2N2O2. The molecule has 1 fully saturated rings. The van der Waals surface area contributed by atoms with Crippen LogP contribution in [0.25, 0.3) is 0 Å². The number of hydrogen-bond donors (Lipinski definition) is 2. The highest BCUT2D eigenvalue weighted by Gasteiger charge is 2.33. The van der Waals surface area contributed by atoms with Gasteiger partial charge in [0.25, 0.3) is 5.91 Å². The van der Waals surface area contributed by atoms with Crippen LogP contribution in [0, 0.1) is 11.6 Å². The second-order valence-corrected chi connectivity index (χ2v) is 5.10. The van der Waals surface area contributed by atoms with Crippen LogP contribution < -0.4 is 15.8 Å². The summed E-state index contributed by atoms with van der Waals surface area (Å²) in [5, 5.41) is 2.86. The Kier molecular flexibility index (Phi) is 4.54. The molecule has 1 aliphatic carbocycles. The first-order valence-corrected chi connectivity index (χ1v) is 6.64. The third kappa shape index (κ3) is 3.45. The highest BCUT2D eigenvalue weighted by atomic mass is 19.1. The molecule has 0 radical (unpaired) electrons. The number of hydrogen-bond acceptors (Lipinski definition) is 3. The van der Waals surface area contributed by atoms with E-state index in [2.05, 4.69) is 5.32 Å². The lowest BCUT2D eigenvalue weighted by Gasteiger charge is -2.28. The molecule has 0 heterocycles. The molecule has 1 aromatic carbocycles. The van der Waals surface area contributed by atoms with Gasteiger partial charge >= 0.3 is 0 Å². The summed E-state index contributed by atoms with van der Waals surface area (Å²) in [5.74, 6) is -2.00. The fraction of sp³-hybridized carbons (Fsp3) is 0.500. The van der Waals surface area contributed by atoms with E-state index >= 15 is 0 Å². The molecule has 1 amide bonds. The molecule has 0 saturated heterocycles. The van der Waals surface area contributed by atoms with E-state index < -0.39 is 11.6 Å². The van der Waals surface area contributed by atoms with Gasteiger partial charge in [-0.15, -0.1) is 0 Å². The summed E-state index contributed by atoms with van der Waals surface area (Å²) >= 11 is 0. The first-order chi connectivity index (χ1) is 9.54. The Hall–Kier alpha value is -1.69. The number of halogens is 2. The van der Waals surface area contributed by atoms with Gasteiger partial charge in [0.15, 0.2) is 18.2 Å². The van der Waals surface area contributed by atoms with Crippen molar-refractivity contribution in [1.29, 1.82) is 0 Å². The lowest BCUT2D eigenvalue weighted by atomic mass is 9.98. The number of nitrogens with one attached hydrogen (secondary N) is 1. The van der Waals surface area contributed by atoms with Gasteiger partial charge in [-0.1, -0.05) is 12.8 Å². The van der Waals surface area contributed by atoms with E-state index in [0.29, 0.717) is 12.6 Å². The van der Waals surface area contributed by atoms with Gasteiger partial charge in [-0.05, 0) is 25.0 Å². The molecule has 0 aromatic heterocycles. The van der Waals surface area contributed by atoms with Crippen LogP contribution in [0.3, 0.4) is 0 Å². The van der Waals surface area contributed by atoms with Gasteiger partial charge in [0.2, 0.25) is 0 Å². The minimum atomic E-state index is -0.827. The van der Waals surface area contributed by atoms with Crippen LogP contribution in [0.5, 0.6) is 5.75 Å². The Morgan fingerprint density at radius 3 is 2.65 bits per heavy atom. The topological polar surface area (TPSA) is 64.3 Å². The third-order valence-electron chi connectivity index (χ3n) is 3.61. The molecule has 110 valence electrons. The molecule has 4 nitrogen and oxygen atoms in total. The van der Waals surface area contributed by atoms with Crippen molar-refractivity contribution in [3.63, 3.8) is 0 Å². The number of carbonyl (C=O) groups excluding carboxylic acids is 1. The lowest BCUT2D eigenvalue weighted by Crippen LogP contribution is -2.52. The quantitative estimate of drug-likeness (QED) is 0.865. The molecule has 0 aliphatic heterocycles. The fourth-order valence-electron chi connectivity index (χ4n) is 2.50. The maximum absolute atomic E-state index is 13.3. The molecule has 20 heavy (non-hydrogen) atoms. The van der Waals surface area contributed by atoms with Gasteiger partial charge < -0.3 is 15.8 Å². The average molecular weight is 284 g/mol. The highest BCUT2D eigenvalue weighted by Crippen LogP contribution is 2.28. The fourth-order valence-corrected chi connectivity index (χ4v) is 2.50. The van der Waals surface area contributed by atoms with E-state index in [-0.39, 0.29) is 23.8 Å². The summed E-state index contributed by atoms with van der Waals surface area (Å²) in [7, 11) is 0. The molecule has 1 aliphatic rings. The highest BCUT2D eigenvalue weighted by molar-refractivity contribution is 5.78. The van der Waals surface area contributed by atoms with Crippen molar-refractivity contribution >= 4 is 5.91 Å². The summed E-state index contributed by atoms with van der Waals surface area (Å²) in [6.07, 6.45) is 3.76. The molecule has 3 N–H and O–H groups in total. The smallest absolute Gasteiger partial charge is 0.258 e. The van der Waals surface area contributed by atoms with Crippen LogP contribution >= 0.6 is 0 Å². The van der Waals surface area contributed by atoms with Crippen molar-refractivity contribution in [2.75, 3.05) is 13.2 Å². The van der Waals surface area contributed by atoms with Crippen molar-refractivity contribution in [1.82, 2.24) is 5.32 Å². The third-order valence-corrected chi connectivity index (χ3v) is 3.61. The predicted octanol–water partition coefficient (Wildman–Crippen LogP) is 1.73. The molecule has 1 aromatic rings. The summed E-state index contributed by atoms with van der Waals surface area (Å²) in [4.78, 5) is 11.8. The second kappa shape index (κ2) is 6.17. The number of ether oxygens (including phenoxy) is 1. The zero-order chi connectivity index (χ0) is 14.6. The van der Waals surface area contributed by atoms with Crippen LogP contribution in [0.15, 0.2) is 18.2 Å². The van der Waals surface area contributed by atoms with Crippen molar-refractivity contribution in [2.24, 2.45) is 5.73 Å². The Morgan fingerprint density at radius 1 is 1.35 bits per heavy atom. The van der Waals surface area contributed by atoms with Crippen LogP contribution in [0.4, 0.5) is 8.78 Å². The second-order valence-electron chi connectivity index (χ2n) is 5.10. The Bertz CT molecular complexity index is 488. The first kappa shape index (κ1) is 14.7. The number of amides is 1. The van der Waals surface area contributed by atoms with Gasteiger partial charge in [0.1, 0.15) is 5.82 Å². The first-order valence-electron chi connectivity index (χ1n) is 6.64. The van der Waals surface area contributed by atoms with E-state index in [1.165, 1.54) is 0 Å². The standard InChI is InChI=1S/C14H18F2N2O2/c15-10-3-4-12(11(16)7-10)20-8-13(19)18-14(9-17)5-1-2-6-14/h3-4,7H,1-2,5-6,8-9,17H2,(H,18,19). The van der Waals surface area contributed by atoms with E-state index in [1.807, 2.05) is 0 Å². The number of rotatable bonds is 5. The van der Waals surface area contributed by atoms with E-state index in [4.69, 9.17) is 10.5 Å². The summed E-state index contributed by atoms with van der Waals surface area (Å²) in [5.41, 5.74) is 5.35. The molecule has 1 saturated carbocycles. The van der Waals surface area contributed by atoms with E-state index in [9.17, 15) is 13.6 Å². The monoisotopic (exact) mass is 284 g/mol. The number of benzene rings is 1. The van der Waals surface area contributed by atoms with Crippen molar-refractivity contribution in [3.8, 4) is 5.75 Å². The van der Waals surface area contributed by atoms with Crippen LogP contribution in [-0.4, -0.2) is 24.6 Å². The summed E-state index contributed by atoms with van der Waals surface area (Å²) in [6.45, 7) is 0.0634. The maximum Gasteiger partial charge on any atom is 0.258 e. The van der Waals surface area contributed by atoms with Crippen molar-refractivity contribution < 1.29 is 18.3 Å².